The number of amides is 2. The van der Waals surface area contributed by atoms with Gasteiger partial charge in [0.15, 0.2) is 0 Å². The van der Waals surface area contributed by atoms with Crippen molar-refractivity contribution in [2.75, 3.05) is 26.5 Å². The number of benzene rings is 2. The quantitative estimate of drug-likeness (QED) is 0.666. The summed E-state index contributed by atoms with van der Waals surface area (Å²) in [6.45, 7) is 2.29. The molecule has 0 bridgehead atoms. The minimum absolute atomic E-state index is 0.0226. The highest BCUT2D eigenvalue weighted by atomic mass is 32.2. The van der Waals surface area contributed by atoms with Gasteiger partial charge in [0.25, 0.3) is 0 Å². The Morgan fingerprint density at radius 3 is 2.36 bits per heavy atom. The van der Waals surface area contributed by atoms with Crippen molar-refractivity contribution in [3.8, 4) is 5.75 Å². The second-order valence-electron chi connectivity index (χ2n) is 6.45. The van der Waals surface area contributed by atoms with Gasteiger partial charge in [-0.1, -0.05) is 42.5 Å². The molecule has 2 aromatic rings. The lowest BCUT2D eigenvalue weighted by Gasteiger charge is -2.28. The van der Waals surface area contributed by atoms with Gasteiger partial charge < -0.3 is 15.0 Å². The predicted octanol–water partition coefficient (Wildman–Crippen LogP) is 3.13. The maximum Gasteiger partial charge on any atom is 0.242 e. The summed E-state index contributed by atoms with van der Waals surface area (Å²) in [4.78, 5) is 26.6. The lowest BCUT2D eigenvalue weighted by atomic mass is 10.1. The van der Waals surface area contributed by atoms with Crippen LogP contribution in [0.2, 0.25) is 0 Å². The average Bonchev–Trinajstić information content (AvgIpc) is 2.74. The molecular formula is C22H28N2O3S. The molecule has 150 valence electrons. The highest BCUT2D eigenvalue weighted by Gasteiger charge is 2.24. The van der Waals surface area contributed by atoms with Gasteiger partial charge in [-0.3, -0.25) is 9.59 Å². The molecule has 1 N–H and O–H groups in total. The van der Waals surface area contributed by atoms with Gasteiger partial charge in [-0.15, -0.1) is 11.8 Å². The van der Waals surface area contributed by atoms with Crippen molar-refractivity contribution in [3.63, 3.8) is 0 Å². The van der Waals surface area contributed by atoms with Gasteiger partial charge >= 0.3 is 0 Å². The lowest BCUT2D eigenvalue weighted by Crippen LogP contribution is -2.48. The van der Waals surface area contributed by atoms with Crippen molar-refractivity contribution < 1.29 is 14.3 Å². The summed E-state index contributed by atoms with van der Waals surface area (Å²) in [5.41, 5.74) is 2.28. The van der Waals surface area contributed by atoms with Gasteiger partial charge in [0.2, 0.25) is 11.8 Å². The first-order valence-electron chi connectivity index (χ1n) is 9.30. The van der Waals surface area contributed by atoms with E-state index in [0.29, 0.717) is 12.3 Å². The van der Waals surface area contributed by atoms with Crippen LogP contribution in [0.1, 0.15) is 18.1 Å². The highest BCUT2D eigenvalue weighted by Crippen LogP contribution is 2.17. The van der Waals surface area contributed by atoms with Crippen LogP contribution in [-0.4, -0.2) is 49.2 Å². The number of hydrogen-bond donors (Lipinski definition) is 1. The molecule has 0 saturated carbocycles. The molecule has 1 atom stereocenters. The van der Waals surface area contributed by atoms with Crippen molar-refractivity contribution >= 4 is 23.6 Å². The molecule has 0 saturated heterocycles. The maximum atomic E-state index is 12.8. The zero-order valence-corrected chi connectivity index (χ0v) is 17.5. The third-order valence-corrected chi connectivity index (χ3v) is 5.54. The summed E-state index contributed by atoms with van der Waals surface area (Å²) in [6.07, 6.45) is 0.719. The van der Waals surface area contributed by atoms with Crippen molar-refractivity contribution in [1.82, 2.24) is 10.2 Å². The Labute approximate surface area is 171 Å². The van der Waals surface area contributed by atoms with Crippen LogP contribution in [0.15, 0.2) is 54.6 Å². The van der Waals surface area contributed by atoms with Crippen LogP contribution in [0.5, 0.6) is 5.75 Å². The molecule has 2 rings (SSSR count). The average molecular weight is 401 g/mol. The fourth-order valence-corrected chi connectivity index (χ4v) is 3.71. The van der Waals surface area contributed by atoms with Crippen molar-refractivity contribution in [3.05, 3.63) is 65.7 Å². The minimum Gasteiger partial charge on any atom is -0.497 e. The molecule has 0 heterocycles. The summed E-state index contributed by atoms with van der Waals surface area (Å²) in [7, 11) is 3.23. The highest BCUT2D eigenvalue weighted by molar-refractivity contribution is 7.99. The Kier molecular flexibility index (Phi) is 8.88. The van der Waals surface area contributed by atoms with Gasteiger partial charge in [-0.05, 0) is 36.6 Å². The van der Waals surface area contributed by atoms with Crippen molar-refractivity contribution in [2.24, 2.45) is 0 Å². The second kappa shape index (κ2) is 11.4. The largest absolute Gasteiger partial charge is 0.497 e. The van der Waals surface area contributed by atoms with Gasteiger partial charge in [0.05, 0.1) is 12.9 Å². The number of likely N-dealkylation sites (N-methyl/N-ethyl adjacent to an activating group) is 1. The maximum absolute atomic E-state index is 12.8. The second-order valence-corrected chi connectivity index (χ2v) is 7.44. The van der Waals surface area contributed by atoms with Gasteiger partial charge in [0, 0.05) is 19.3 Å². The molecule has 0 aliphatic heterocycles. The van der Waals surface area contributed by atoms with E-state index in [1.165, 1.54) is 0 Å². The van der Waals surface area contributed by atoms with E-state index in [-0.39, 0.29) is 11.8 Å². The topological polar surface area (TPSA) is 58.6 Å². The SMILES string of the molecule is CNC(=O)C(C)N(CCc1ccccc1)C(=O)CSCc1ccc(OC)cc1. The first-order valence-corrected chi connectivity index (χ1v) is 10.5. The van der Waals surface area contributed by atoms with E-state index in [9.17, 15) is 9.59 Å². The predicted molar refractivity (Wildman–Crippen MR) is 115 cm³/mol. The van der Waals surface area contributed by atoms with Crippen molar-refractivity contribution in [1.29, 1.82) is 0 Å². The van der Waals surface area contributed by atoms with E-state index < -0.39 is 6.04 Å². The molecule has 2 aromatic carbocycles. The Hall–Kier alpha value is -2.47. The Bertz CT molecular complexity index is 750. The standard InChI is InChI=1S/C22H28N2O3S/c1-17(22(26)23-2)24(14-13-18-7-5-4-6-8-18)21(25)16-28-15-19-9-11-20(27-3)12-10-19/h4-12,17H,13-16H2,1-3H3,(H,23,26). The van der Waals surface area contributed by atoms with Crippen LogP contribution in [-0.2, 0) is 21.8 Å². The molecule has 0 spiro atoms. The fourth-order valence-electron chi connectivity index (χ4n) is 2.84. The summed E-state index contributed by atoms with van der Waals surface area (Å²) in [5.74, 6) is 1.71. The molecule has 6 heteroatoms. The van der Waals surface area contributed by atoms with Gasteiger partial charge in [0.1, 0.15) is 11.8 Å². The normalized spacial score (nSPS) is 11.5. The van der Waals surface area contributed by atoms with E-state index >= 15 is 0 Å². The fraction of sp³-hybridized carbons (Fsp3) is 0.364. The zero-order valence-electron chi connectivity index (χ0n) is 16.7. The number of rotatable bonds is 10. The van der Waals surface area contributed by atoms with Crippen LogP contribution < -0.4 is 10.1 Å². The molecular weight excluding hydrogens is 372 g/mol. The number of thioether (sulfide) groups is 1. The van der Waals surface area contributed by atoms with Crippen LogP contribution >= 0.6 is 11.8 Å². The summed E-state index contributed by atoms with van der Waals surface area (Å²) in [5, 5.41) is 2.64. The molecule has 28 heavy (non-hydrogen) atoms. The first kappa shape index (κ1) is 21.8. The summed E-state index contributed by atoms with van der Waals surface area (Å²) in [6, 6.07) is 17.3. The lowest BCUT2D eigenvalue weighted by molar-refractivity contribution is -0.137. The smallest absolute Gasteiger partial charge is 0.242 e. The number of ether oxygens (including phenoxy) is 1. The third-order valence-electron chi connectivity index (χ3n) is 4.55. The first-order chi connectivity index (χ1) is 13.5. The molecule has 5 nitrogen and oxygen atoms in total. The molecule has 0 aliphatic carbocycles. The van der Waals surface area contributed by atoms with Crippen molar-refractivity contribution in [2.45, 2.75) is 25.1 Å². The molecule has 0 radical (unpaired) electrons. The molecule has 1 unspecified atom stereocenters. The summed E-state index contributed by atoms with van der Waals surface area (Å²) >= 11 is 1.55. The van der Waals surface area contributed by atoms with E-state index in [1.807, 2.05) is 54.6 Å². The number of carbonyl (C=O) groups is 2. The molecule has 0 fully saturated rings. The van der Waals surface area contributed by atoms with E-state index in [0.717, 1.165) is 29.1 Å². The zero-order chi connectivity index (χ0) is 20.4. The molecule has 0 aromatic heterocycles. The van der Waals surface area contributed by atoms with Crippen LogP contribution in [0, 0.1) is 0 Å². The van der Waals surface area contributed by atoms with E-state index in [2.05, 4.69) is 5.32 Å². The van der Waals surface area contributed by atoms with Gasteiger partial charge in [-0.2, -0.15) is 0 Å². The number of nitrogens with one attached hydrogen (secondary N) is 1. The van der Waals surface area contributed by atoms with E-state index in [1.54, 1.807) is 37.7 Å². The number of nitrogens with zero attached hydrogens (tertiary/aromatic N) is 1. The van der Waals surface area contributed by atoms with Crippen LogP contribution in [0.4, 0.5) is 0 Å². The Balaban J connectivity index is 1.93. The van der Waals surface area contributed by atoms with Crippen LogP contribution in [0.25, 0.3) is 0 Å². The summed E-state index contributed by atoms with van der Waals surface area (Å²) < 4.78 is 5.16. The molecule has 2 amide bonds. The van der Waals surface area contributed by atoms with Crippen LogP contribution in [0.3, 0.4) is 0 Å². The number of carbonyl (C=O) groups excluding carboxylic acids is 2. The number of hydrogen-bond acceptors (Lipinski definition) is 4. The molecule has 0 aliphatic rings. The monoisotopic (exact) mass is 400 g/mol. The van der Waals surface area contributed by atoms with E-state index in [4.69, 9.17) is 4.74 Å². The van der Waals surface area contributed by atoms with Gasteiger partial charge in [-0.25, -0.2) is 0 Å². The third kappa shape index (κ3) is 6.60. The minimum atomic E-state index is -0.497. The Morgan fingerprint density at radius 1 is 1.07 bits per heavy atom. The Morgan fingerprint density at radius 2 is 1.75 bits per heavy atom. The number of methoxy groups -OCH3 is 1.